The first kappa shape index (κ1) is 6.83. The topological polar surface area (TPSA) is 0 Å². The molecule has 0 saturated heterocycles. The van der Waals surface area contributed by atoms with Crippen molar-refractivity contribution >= 4 is 45.5 Å². The molecule has 1 aromatic heterocycles. The molecule has 44 valence electrons. The summed E-state index contributed by atoms with van der Waals surface area (Å²) in [5, 5.41) is 4.17. The van der Waals surface area contributed by atoms with Crippen LogP contribution in [0.15, 0.2) is 10.8 Å². The van der Waals surface area contributed by atoms with E-state index in [1.165, 1.54) is 9.13 Å². The molecular weight excluding hydrogens is 254 g/mol. The normalized spacial score (nSPS) is 9.75. The Morgan fingerprint density at radius 2 is 2.38 bits per heavy atom. The molecule has 0 saturated carbocycles. The van der Waals surface area contributed by atoms with Crippen molar-refractivity contribution in [1.29, 1.82) is 0 Å². The van der Waals surface area contributed by atoms with Gasteiger partial charge in [0.25, 0.3) is 0 Å². The Morgan fingerprint density at radius 3 is 2.62 bits per heavy atom. The number of hydrogen-bond acceptors (Lipinski definition) is 1. The third-order valence-corrected chi connectivity index (χ3v) is 3.34. The van der Waals surface area contributed by atoms with Crippen LogP contribution in [0, 0.1) is 3.57 Å². The van der Waals surface area contributed by atoms with Gasteiger partial charge in [-0.15, -0.1) is 11.6 Å². The maximum atomic E-state index is 5.58. The Hall–Kier alpha value is 0.720. The minimum absolute atomic E-state index is 0.641. The molecule has 0 amide bonds. The van der Waals surface area contributed by atoms with Gasteiger partial charge in [0, 0.05) is 14.8 Å². The molecule has 0 unspecified atom stereocenters. The van der Waals surface area contributed by atoms with Crippen LogP contribution in [0.5, 0.6) is 0 Å². The molecule has 0 nitrogen and oxygen atoms in total. The van der Waals surface area contributed by atoms with Crippen molar-refractivity contribution in [1.82, 2.24) is 0 Å². The Morgan fingerprint density at radius 1 is 1.62 bits per heavy atom. The molecule has 1 heterocycles. The fourth-order valence-electron chi connectivity index (χ4n) is 0.403. The van der Waals surface area contributed by atoms with E-state index in [-0.39, 0.29) is 0 Å². The largest absolute Gasteiger partial charge is 0.151 e. The van der Waals surface area contributed by atoms with Gasteiger partial charge in [-0.05, 0) is 33.5 Å². The summed E-state index contributed by atoms with van der Waals surface area (Å²) in [5.74, 6) is 0.641. The third kappa shape index (κ3) is 1.36. The lowest BCUT2D eigenvalue weighted by molar-refractivity contribution is 1.43. The standard InChI is InChI=1S/C5H4ClIS/c6-1-4-2-8-3-5(4)7/h2-3H,1H2. The van der Waals surface area contributed by atoms with Crippen LogP contribution in [-0.2, 0) is 5.88 Å². The maximum Gasteiger partial charge on any atom is 0.0492 e. The van der Waals surface area contributed by atoms with E-state index in [0.717, 1.165) is 0 Å². The van der Waals surface area contributed by atoms with Crippen LogP contribution in [0.4, 0.5) is 0 Å². The summed E-state index contributed by atoms with van der Waals surface area (Å²) in [7, 11) is 0. The molecule has 0 aliphatic carbocycles. The van der Waals surface area contributed by atoms with E-state index in [4.69, 9.17) is 11.6 Å². The average molecular weight is 259 g/mol. The van der Waals surface area contributed by atoms with Crippen molar-refractivity contribution in [3.63, 3.8) is 0 Å². The second kappa shape index (κ2) is 3.03. The quantitative estimate of drug-likeness (QED) is 0.536. The minimum Gasteiger partial charge on any atom is -0.151 e. The Labute approximate surface area is 71.0 Å². The fourth-order valence-corrected chi connectivity index (χ4v) is 2.65. The van der Waals surface area contributed by atoms with Gasteiger partial charge >= 0.3 is 0 Å². The zero-order chi connectivity index (χ0) is 5.98. The van der Waals surface area contributed by atoms with Crippen molar-refractivity contribution in [2.75, 3.05) is 0 Å². The molecule has 0 spiro atoms. The van der Waals surface area contributed by atoms with Crippen LogP contribution in [0.25, 0.3) is 0 Å². The summed E-state index contributed by atoms with van der Waals surface area (Å²) in [6, 6.07) is 0. The number of thiophene rings is 1. The van der Waals surface area contributed by atoms with Gasteiger partial charge in [0.1, 0.15) is 0 Å². The molecule has 0 bridgehead atoms. The Kier molecular flexibility index (Phi) is 2.59. The highest BCUT2D eigenvalue weighted by atomic mass is 127. The molecule has 0 N–H and O–H groups in total. The predicted octanol–water partition coefficient (Wildman–Crippen LogP) is 3.09. The second-order valence-electron chi connectivity index (χ2n) is 1.38. The molecule has 1 rings (SSSR count). The molecule has 0 atom stereocenters. The van der Waals surface area contributed by atoms with E-state index in [0.29, 0.717) is 5.88 Å². The number of alkyl halides is 1. The molecule has 3 heteroatoms. The van der Waals surface area contributed by atoms with E-state index in [1.807, 2.05) is 0 Å². The summed E-state index contributed by atoms with van der Waals surface area (Å²) in [6.07, 6.45) is 0. The Balaban J connectivity index is 2.92. The molecule has 1 aromatic rings. The second-order valence-corrected chi connectivity index (χ2v) is 3.55. The third-order valence-electron chi connectivity index (χ3n) is 0.833. The smallest absolute Gasteiger partial charge is 0.0492 e. The van der Waals surface area contributed by atoms with Gasteiger partial charge in [0.05, 0.1) is 0 Å². The number of hydrogen-bond donors (Lipinski definition) is 0. The molecule has 0 aromatic carbocycles. The van der Waals surface area contributed by atoms with Crippen LogP contribution >= 0.6 is 45.5 Å². The van der Waals surface area contributed by atoms with Gasteiger partial charge in [-0.1, -0.05) is 0 Å². The van der Waals surface area contributed by atoms with E-state index in [1.54, 1.807) is 11.3 Å². The van der Waals surface area contributed by atoms with Crippen molar-refractivity contribution in [3.05, 3.63) is 19.9 Å². The highest BCUT2D eigenvalue weighted by molar-refractivity contribution is 14.1. The van der Waals surface area contributed by atoms with Crippen molar-refractivity contribution in [2.24, 2.45) is 0 Å². The van der Waals surface area contributed by atoms with Gasteiger partial charge in [-0.2, -0.15) is 11.3 Å². The van der Waals surface area contributed by atoms with Crippen LogP contribution in [0.3, 0.4) is 0 Å². The van der Waals surface area contributed by atoms with Crippen LogP contribution in [0.1, 0.15) is 5.56 Å². The lowest BCUT2D eigenvalue weighted by Crippen LogP contribution is -1.71. The number of rotatable bonds is 1. The van der Waals surface area contributed by atoms with Gasteiger partial charge in [-0.25, -0.2) is 0 Å². The summed E-state index contributed by atoms with van der Waals surface area (Å²) < 4.78 is 1.28. The summed E-state index contributed by atoms with van der Waals surface area (Å²) in [4.78, 5) is 0. The summed E-state index contributed by atoms with van der Waals surface area (Å²) in [6.45, 7) is 0. The van der Waals surface area contributed by atoms with Crippen LogP contribution < -0.4 is 0 Å². The highest BCUT2D eigenvalue weighted by Gasteiger charge is 1.95. The van der Waals surface area contributed by atoms with Crippen molar-refractivity contribution < 1.29 is 0 Å². The highest BCUT2D eigenvalue weighted by Crippen LogP contribution is 2.18. The lowest BCUT2D eigenvalue weighted by Gasteiger charge is -1.84. The van der Waals surface area contributed by atoms with Gasteiger partial charge in [0.2, 0.25) is 0 Å². The maximum absolute atomic E-state index is 5.58. The molecule has 8 heavy (non-hydrogen) atoms. The van der Waals surface area contributed by atoms with E-state index < -0.39 is 0 Å². The first-order valence-corrected chi connectivity index (χ1v) is 4.66. The monoisotopic (exact) mass is 258 g/mol. The Bertz CT molecular complexity index is 173. The van der Waals surface area contributed by atoms with Gasteiger partial charge < -0.3 is 0 Å². The zero-order valence-corrected chi connectivity index (χ0v) is 7.76. The minimum atomic E-state index is 0.641. The van der Waals surface area contributed by atoms with E-state index >= 15 is 0 Å². The molecule has 0 radical (unpaired) electrons. The SMILES string of the molecule is ClCc1cscc1I. The average Bonchev–Trinajstić information content (AvgIpc) is 2.14. The first-order chi connectivity index (χ1) is 3.84. The van der Waals surface area contributed by atoms with Crippen molar-refractivity contribution in [3.8, 4) is 0 Å². The first-order valence-electron chi connectivity index (χ1n) is 2.11. The summed E-state index contributed by atoms with van der Waals surface area (Å²) >= 11 is 9.56. The molecular formula is C5H4ClIS. The lowest BCUT2D eigenvalue weighted by atomic mass is 10.4. The van der Waals surface area contributed by atoms with Crippen molar-refractivity contribution in [2.45, 2.75) is 5.88 Å². The molecule has 0 fully saturated rings. The van der Waals surface area contributed by atoms with E-state index in [2.05, 4.69) is 33.4 Å². The molecule has 0 aliphatic heterocycles. The van der Waals surface area contributed by atoms with Gasteiger partial charge in [0.15, 0.2) is 0 Å². The van der Waals surface area contributed by atoms with E-state index in [9.17, 15) is 0 Å². The fraction of sp³-hybridized carbons (Fsp3) is 0.200. The van der Waals surface area contributed by atoms with Crippen LogP contribution in [0.2, 0.25) is 0 Å². The molecule has 0 aliphatic rings. The number of halogens is 2. The van der Waals surface area contributed by atoms with Gasteiger partial charge in [-0.3, -0.25) is 0 Å². The summed E-state index contributed by atoms with van der Waals surface area (Å²) in [5.41, 5.74) is 1.25. The predicted molar refractivity (Wildman–Crippen MR) is 46.6 cm³/mol. The zero-order valence-electron chi connectivity index (χ0n) is 4.03. The van der Waals surface area contributed by atoms with Crippen LogP contribution in [-0.4, -0.2) is 0 Å².